The average molecular weight is 374 g/mol. The number of nitrogens with zero attached hydrogens (tertiary/aromatic N) is 4. The summed E-state index contributed by atoms with van der Waals surface area (Å²) in [6, 6.07) is 5.46. The first-order valence-corrected chi connectivity index (χ1v) is 8.74. The summed E-state index contributed by atoms with van der Waals surface area (Å²) < 4.78 is 24.7. The molecular weight excluding hydrogens is 351 g/mol. The molecule has 8 heteroatoms. The van der Waals surface area contributed by atoms with Crippen molar-refractivity contribution in [2.45, 2.75) is 13.3 Å². The van der Waals surface area contributed by atoms with Crippen LogP contribution in [0.5, 0.6) is 11.5 Å². The van der Waals surface area contributed by atoms with E-state index in [2.05, 4.69) is 9.97 Å². The molecule has 0 atom stereocenters. The number of rotatable bonds is 5. The van der Waals surface area contributed by atoms with Crippen LogP contribution < -0.4 is 14.4 Å². The van der Waals surface area contributed by atoms with Crippen molar-refractivity contribution in [1.82, 2.24) is 14.9 Å². The molecule has 7 nitrogen and oxygen atoms in total. The molecule has 1 aliphatic rings. The molecule has 0 saturated carbocycles. The van der Waals surface area contributed by atoms with Gasteiger partial charge in [0.25, 0.3) is 0 Å². The molecule has 144 valence electrons. The van der Waals surface area contributed by atoms with Crippen LogP contribution in [0, 0.1) is 12.7 Å². The van der Waals surface area contributed by atoms with Crippen LogP contribution in [-0.2, 0) is 11.2 Å². The molecule has 27 heavy (non-hydrogen) atoms. The van der Waals surface area contributed by atoms with Crippen molar-refractivity contribution in [2.75, 3.05) is 45.3 Å². The van der Waals surface area contributed by atoms with Crippen LogP contribution in [0.15, 0.2) is 24.5 Å². The highest BCUT2D eigenvalue weighted by atomic mass is 19.1. The summed E-state index contributed by atoms with van der Waals surface area (Å²) in [7, 11) is 3.14. The Morgan fingerprint density at radius 1 is 1.11 bits per heavy atom. The van der Waals surface area contributed by atoms with Gasteiger partial charge in [0, 0.05) is 26.2 Å². The molecule has 0 spiro atoms. The Kier molecular flexibility index (Phi) is 5.73. The number of benzene rings is 1. The Labute approximate surface area is 157 Å². The number of aryl methyl sites for hydroxylation is 1. The summed E-state index contributed by atoms with van der Waals surface area (Å²) in [5.74, 6) is 1.16. The third kappa shape index (κ3) is 4.10. The minimum Gasteiger partial charge on any atom is -0.493 e. The van der Waals surface area contributed by atoms with Gasteiger partial charge >= 0.3 is 0 Å². The lowest BCUT2D eigenvalue weighted by molar-refractivity contribution is -0.130. The van der Waals surface area contributed by atoms with Gasteiger partial charge in [-0.2, -0.15) is 0 Å². The molecule has 1 aliphatic heterocycles. The Balaban J connectivity index is 1.61. The molecule has 3 rings (SSSR count). The van der Waals surface area contributed by atoms with Gasteiger partial charge in [0.2, 0.25) is 5.91 Å². The van der Waals surface area contributed by atoms with Crippen LogP contribution in [0.3, 0.4) is 0 Å². The number of aromatic nitrogens is 2. The summed E-state index contributed by atoms with van der Waals surface area (Å²) in [4.78, 5) is 24.2. The van der Waals surface area contributed by atoms with Crippen LogP contribution in [0.2, 0.25) is 0 Å². The van der Waals surface area contributed by atoms with Crippen molar-refractivity contribution < 1.29 is 18.7 Å². The van der Waals surface area contributed by atoms with Crippen molar-refractivity contribution >= 4 is 11.7 Å². The fourth-order valence-electron chi connectivity index (χ4n) is 3.11. The maximum absolute atomic E-state index is 14.2. The molecule has 0 aliphatic carbocycles. The van der Waals surface area contributed by atoms with Gasteiger partial charge in [-0.15, -0.1) is 0 Å². The van der Waals surface area contributed by atoms with Crippen molar-refractivity contribution in [1.29, 1.82) is 0 Å². The molecule has 1 fully saturated rings. The first-order valence-electron chi connectivity index (χ1n) is 8.74. The molecule has 0 bridgehead atoms. The zero-order valence-electron chi connectivity index (χ0n) is 15.7. The highest BCUT2D eigenvalue weighted by molar-refractivity contribution is 5.79. The second kappa shape index (κ2) is 8.20. The fourth-order valence-corrected chi connectivity index (χ4v) is 3.11. The first-order chi connectivity index (χ1) is 13.0. The van der Waals surface area contributed by atoms with Crippen molar-refractivity contribution in [3.8, 4) is 11.5 Å². The summed E-state index contributed by atoms with van der Waals surface area (Å²) in [6.07, 6.45) is 1.64. The standard InChI is InChI=1S/C19H23FN4O3/c1-13-18(20)19(22-12-21-13)24-8-6-23(7-9-24)17(25)11-14-4-5-15(26-2)16(10-14)27-3/h4-5,10,12H,6-9,11H2,1-3H3. The van der Waals surface area contributed by atoms with Gasteiger partial charge in [-0.1, -0.05) is 6.07 Å². The number of ether oxygens (including phenoxy) is 2. The predicted molar refractivity (Wildman–Crippen MR) is 98.8 cm³/mol. The van der Waals surface area contributed by atoms with Crippen LogP contribution in [0.1, 0.15) is 11.3 Å². The number of carbonyl (C=O) groups excluding carboxylic acids is 1. The van der Waals surface area contributed by atoms with Gasteiger partial charge in [0.15, 0.2) is 23.1 Å². The number of hydrogen-bond acceptors (Lipinski definition) is 6. The summed E-state index contributed by atoms with van der Waals surface area (Å²) >= 11 is 0. The van der Waals surface area contributed by atoms with E-state index in [4.69, 9.17) is 9.47 Å². The van der Waals surface area contributed by atoms with Gasteiger partial charge in [0.05, 0.1) is 26.3 Å². The smallest absolute Gasteiger partial charge is 0.227 e. The fraction of sp³-hybridized carbons (Fsp3) is 0.421. The summed E-state index contributed by atoms with van der Waals surface area (Å²) in [5, 5.41) is 0. The van der Waals surface area contributed by atoms with Gasteiger partial charge in [-0.05, 0) is 24.6 Å². The van der Waals surface area contributed by atoms with E-state index >= 15 is 0 Å². The van der Waals surface area contributed by atoms with Gasteiger partial charge in [0.1, 0.15) is 6.33 Å². The van der Waals surface area contributed by atoms with Gasteiger partial charge in [-0.3, -0.25) is 4.79 Å². The number of halogens is 1. The molecular formula is C19H23FN4O3. The molecule has 2 aromatic rings. The van der Waals surface area contributed by atoms with Crippen LogP contribution in [0.25, 0.3) is 0 Å². The summed E-state index contributed by atoms with van der Waals surface area (Å²) in [6.45, 7) is 3.72. The van der Waals surface area contributed by atoms with Crippen molar-refractivity contribution in [3.05, 3.63) is 41.6 Å². The van der Waals surface area contributed by atoms with E-state index in [1.165, 1.54) is 6.33 Å². The molecule has 0 unspecified atom stereocenters. The number of methoxy groups -OCH3 is 2. The van der Waals surface area contributed by atoms with Crippen molar-refractivity contribution in [3.63, 3.8) is 0 Å². The van der Waals surface area contributed by atoms with E-state index in [1.807, 2.05) is 17.0 Å². The maximum atomic E-state index is 14.2. The molecule has 0 N–H and O–H groups in total. The van der Waals surface area contributed by atoms with Crippen molar-refractivity contribution in [2.24, 2.45) is 0 Å². The Morgan fingerprint density at radius 2 is 1.81 bits per heavy atom. The molecule has 1 saturated heterocycles. The molecule has 2 heterocycles. The lowest BCUT2D eigenvalue weighted by atomic mass is 10.1. The third-order valence-corrected chi connectivity index (χ3v) is 4.68. The second-order valence-electron chi connectivity index (χ2n) is 6.33. The summed E-state index contributed by atoms with van der Waals surface area (Å²) in [5.41, 5.74) is 1.18. The maximum Gasteiger partial charge on any atom is 0.227 e. The third-order valence-electron chi connectivity index (χ3n) is 4.68. The topological polar surface area (TPSA) is 67.8 Å². The molecule has 1 amide bonds. The van der Waals surface area contributed by atoms with E-state index in [1.54, 1.807) is 32.1 Å². The molecule has 1 aromatic carbocycles. The van der Waals surface area contributed by atoms with E-state index in [0.29, 0.717) is 49.2 Å². The van der Waals surface area contributed by atoms with E-state index in [9.17, 15) is 9.18 Å². The number of carbonyl (C=O) groups is 1. The zero-order valence-corrected chi connectivity index (χ0v) is 15.7. The highest BCUT2D eigenvalue weighted by Gasteiger charge is 2.24. The van der Waals surface area contributed by atoms with Crippen LogP contribution in [0.4, 0.5) is 10.2 Å². The molecule has 1 aromatic heterocycles. The van der Waals surface area contributed by atoms with Gasteiger partial charge < -0.3 is 19.3 Å². The van der Waals surface area contributed by atoms with Crippen LogP contribution in [-0.4, -0.2) is 61.2 Å². The molecule has 0 radical (unpaired) electrons. The highest BCUT2D eigenvalue weighted by Crippen LogP contribution is 2.28. The first kappa shape index (κ1) is 18.9. The largest absolute Gasteiger partial charge is 0.493 e. The van der Waals surface area contributed by atoms with E-state index < -0.39 is 5.82 Å². The Morgan fingerprint density at radius 3 is 2.48 bits per heavy atom. The quantitative estimate of drug-likeness (QED) is 0.796. The Bertz CT molecular complexity index is 823. The minimum atomic E-state index is -0.400. The predicted octanol–water partition coefficient (Wildman–Crippen LogP) is 1.83. The SMILES string of the molecule is COc1ccc(CC(=O)N2CCN(c3ncnc(C)c3F)CC2)cc1OC. The average Bonchev–Trinajstić information content (AvgIpc) is 2.70. The Hall–Kier alpha value is -2.90. The second-order valence-corrected chi connectivity index (χ2v) is 6.33. The minimum absolute atomic E-state index is 0.0289. The van der Waals surface area contributed by atoms with E-state index in [0.717, 1.165) is 5.56 Å². The van der Waals surface area contributed by atoms with Gasteiger partial charge in [-0.25, -0.2) is 14.4 Å². The lowest BCUT2D eigenvalue weighted by Crippen LogP contribution is -2.49. The monoisotopic (exact) mass is 374 g/mol. The number of anilines is 1. The number of hydrogen-bond donors (Lipinski definition) is 0. The number of amides is 1. The van der Waals surface area contributed by atoms with E-state index in [-0.39, 0.29) is 12.3 Å². The number of piperazine rings is 1. The zero-order chi connectivity index (χ0) is 19.4. The lowest BCUT2D eigenvalue weighted by Gasteiger charge is -2.35. The normalized spacial score (nSPS) is 14.2. The van der Waals surface area contributed by atoms with Crippen LogP contribution >= 0.6 is 0 Å².